The summed E-state index contributed by atoms with van der Waals surface area (Å²) in [4.78, 5) is 0. The molecule has 3 nitrogen and oxygen atoms in total. The second-order valence-corrected chi connectivity index (χ2v) is 7.41. The van der Waals surface area contributed by atoms with E-state index >= 15 is 0 Å². The molecule has 0 bridgehead atoms. The lowest BCUT2D eigenvalue weighted by Crippen LogP contribution is -2.60. The van der Waals surface area contributed by atoms with Crippen LogP contribution in [-0.4, -0.2) is 28.4 Å². The van der Waals surface area contributed by atoms with Crippen molar-refractivity contribution in [2.24, 2.45) is 10.2 Å². The number of quaternary nitrogens is 1. The maximum absolute atomic E-state index is 13.6. The van der Waals surface area contributed by atoms with E-state index in [1.54, 1.807) is 0 Å². The van der Waals surface area contributed by atoms with Gasteiger partial charge in [-0.15, -0.1) is 0 Å². The predicted octanol–water partition coefficient (Wildman–Crippen LogP) is 5.68. The van der Waals surface area contributed by atoms with E-state index in [-0.39, 0.29) is 16.4 Å². The van der Waals surface area contributed by atoms with Crippen molar-refractivity contribution in [1.29, 1.82) is 0 Å². The average Bonchev–Trinajstić information content (AvgIpc) is 3.07. The summed E-state index contributed by atoms with van der Waals surface area (Å²) in [7, 11) is 0. The van der Waals surface area contributed by atoms with E-state index in [1.807, 2.05) is 31.3 Å². The number of allylic oxidation sites excluding steroid dienone is 2. The Bertz CT molecular complexity index is 828. The lowest BCUT2D eigenvalue weighted by Gasteiger charge is -2.43. The lowest BCUT2D eigenvalue weighted by molar-refractivity contribution is -0.724. The van der Waals surface area contributed by atoms with Crippen LogP contribution in [0, 0.1) is 0 Å². The van der Waals surface area contributed by atoms with Gasteiger partial charge in [0.2, 0.25) is 5.84 Å². The minimum Gasteiger partial charge on any atom is -0.198 e. The molecular weight excluding hydrogens is 351 g/mol. The summed E-state index contributed by atoms with van der Waals surface area (Å²) in [5.74, 6) is 1.22. The highest BCUT2D eigenvalue weighted by molar-refractivity contribution is 6.05. The van der Waals surface area contributed by atoms with Gasteiger partial charge in [0.15, 0.2) is 0 Å². The molecule has 0 radical (unpaired) electrons. The second-order valence-electron chi connectivity index (χ2n) is 7.41. The summed E-state index contributed by atoms with van der Waals surface area (Å²) in [6.45, 7) is 1.94. The van der Waals surface area contributed by atoms with Crippen molar-refractivity contribution in [2.45, 2.75) is 57.2 Å². The Morgan fingerprint density at radius 2 is 1.74 bits per heavy atom. The average molecular weight is 374 g/mol. The molecule has 1 unspecified atom stereocenters. The first-order chi connectivity index (χ1) is 13.0. The summed E-state index contributed by atoms with van der Waals surface area (Å²) in [5.41, 5.74) is 0.656. The molecule has 0 spiro atoms. The Balaban J connectivity index is 1.62. The van der Waals surface area contributed by atoms with Crippen LogP contribution >= 0.6 is 0 Å². The van der Waals surface area contributed by atoms with Crippen LogP contribution in [0.1, 0.15) is 50.5 Å². The molecule has 1 saturated carbocycles. The molecule has 6 heteroatoms. The molecule has 1 aliphatic carbocycles. The molecule has 0 N–H and O–H groups in total. The highest BCUT2D eigenvalue weighted by Gasteiger charge is 2.56. The van der Waals surface area contributed by atoms with E-state index in [2.05, 4.69) is 22.3 Å². The van der Waals surface area contributed by atoms with Crippen LogP contribution < -0.4 is 0 Å². The molecular formula is C21H23F3N3+. The van der Waals surface area contributed by atoms with Crippen molar-refractivity contribution in [1.82, 2.24) is 0 Å². The van der Waals surface area contributed by atoms with Crippen LogP contribution in [0.25, 0.3) is 0 Å². The van der Waals surface area contributed by atoms with E-state index in [1.165, 1.54) is 11.6 Å². The van der Waals surface area contributed by atoms with E-state index in [0.29, 0.717) is 18.2 Å². The minimum absolute atomic E-state index is 0.0463. The van der Waals surface area contributed by atoms with Gasteiger partial charge in [-0.3, -0.25) is 0 Å². The van der Waals surface area contributed by atoms with Crippen molar-refractivity contribution in [3.63, 3.8) is 0 Å². The number of hydrogen-bond acceptors (Lipinski definition) is 2. The summed E-state index contributed by atoms with van der Waals surface area (Å²) < 4.78 is 40.8. The molecule has 142 valence electrons. The van der Waals surface area contributed by atoms with Gasteiger partial charge >= 0.3 is 6.18 Å². The van der Waals surface area contributed by atoms with Crippen LogP contribution in [0.3, 0.4) is 0 Å². The van der Waals surface area contributed by atoms with Crippen molar-refractivity contribution < 1.29 is 17.7 Å². The highest BCUT2D eigenvalue weighted by atomic mass is 19.4. The predicted molar refractivity (Wildman–Crippen MR) is 100 cm³/mol. The molecule has 27 heavy (non-hydrogen) atoms. The number of nitrogens with zero attached hydrogens (tertiary/aromatic N) is 3. The van der Waals surface area contributed by atoms with Gasteiger partial charge in [-0.1, -0.05) is 47.5 Å². The fourth-order valence-electron chi connectivity index (χ4n) is 4.74. The van der Waals surface area contributed by atoms with Gasteiger partial charge in [-0.25, -0.2) is 0 Å². The van der Waals surface area contributed by atoms with Crippen LogP contribution in [-0.2, 0) is 0 Å². The molecule has 1 fully saturated rings. The lowest BCUT2D eigenvalue weighted by atomic mass is 9.80. The maximum Gasteiger partial charge on any atom is 0.423 e. The smallest absolute Gasteiger partial charge is 0.198 e. The van der Waals surface area contributed by atoms with E-state index in [4.69, 9.17) is 0 Å². The molecule has 0 saturated heterocycles. The first-order valence-corrected chi connectivity index (χ1v) is 9.53. The summed E-state index contributed by atoms with van der Waals surface area (Å²) in [6, 6.07) is 10.4. The number of hydrogen-bond donors (Lipinski definition) is 0. The monoisotopic (exact) mass is 374 g/mol. The van der Waals surface area contributed by atoms with E-state index in [0.717, 1.165) is 31.8 Å². The Morgan fingerprint density at radius 1 is 1.04 bits per heavy atom. The SMILES string of the molecule is CCC1=NN=C2C(C(F)(F)F)=CC=C[N+]12C1CCC(c2ccccc2)CC1. The van der Waals surface area contributed by atoms with Gasteiger partial charge in [0, 0.05) is 19.3 Å². The third-order valence-corrected chi connectivity index (χ3v) is 6.03. The zero-order valence-corrected chi connectivity index (χ0v) is 15.3. The van der Waals surface area contributed by atoms with Crippen LogP contribution in [0.2, 0.25) is 0 Å². The third kappa shape index (κ3) is 2.96. The zero-order valence-electron chi connectivity index (χ0n) is 15.3. The Labute approximate surface area is 157 Å². The quantitative estimate of drug-likeness (QED) is 0.608. The largest absolute Gasteiger partial charge is 0.423 e. The number of amidine groups is 2. The van der Waals surface area contributed by atoms with Crippen LogP contribution in [0.4, 0.5) is 13.2 Å². The van der Waals surface area contributed by atoms with Crippen LogP contribution in [0.5, 0.6) is 0 Å². The molecule has 4 rings (SSSR count). The van der Waals surface area contributed by atoms with Crippen molar-refractivity contribution in [3.05, 3.63) is 59.8 Å². The molecule has 2 heterocycles. The third-order valence-electron chi connectivity index (χ3n) is 6.03. The molecule has 1 aromatic rings. The van der Waals surface area contributed by atoms with Gasteiger partial charge in [-0.2, -0.15) is 17.7 Å². The Morgan fingerprint density at radius 3 is 2.37 bits per heavy atom. The topological polar surface area (TPSA) is 24.7 Å². The fourth-order valence-corrected chi connectivity index (χ4v) is 4.74. The van der Waals surface area contributed by atoms with Crippen LogP contribution in [0.15, 0.2) is 64.5 Å². The number of alkyl halides is 3. The number of halogens is 3. The van der Waals surface area contributed by atoms with Crippen molar-refractivity contribution >= 4 is 11.7 Å². The molecule has 1 aromatic carbocycles. The van der Waals surface area contributed by atoms with Gasteiger partial charge in [0.1, 0.15) is 17.8 Å². The first-order valence-electron chi connectivity index (χ1n) is 9.53. The molecule has 0 aromatic heterocycles. The van der Waals surface area contributed by atoms with Gasteiger partial charge in [0.05, 0.1) is 0 Å². The van der Waals surface area contributed by atoms with Crippen molar-refractivity contribution in [3.8, 4) is 0 Å². The summed E-state index contributed by atoms with van der Waals surface area (Å²) in [6.07, 6.45) is 4.32. The number of rotatable bonds is 3. The Kier molecular flexibility index (Phi) is 4.54. The summed E-state index contributed by atoms with van der Waals surface area (Å²) >= 11 is 0. The summed E-state index contributed by atoms with van der Waals surface area (Å²) in [5, 5.41) is 8.19. The number of fused-ring (bicyclic) bond motifs is 1. The number of benzene rings is 1. The van der Waals surface area contributed by atoms with Gasteiger partial charge < -0.3 is 0 Å². The maximum atomic E-state index is 13.6. The molecule has 0 amide bonds. The van der Waals surface area contributed by atoms with Gasteiger partial charge in [0.25, 0.3) is 5.84 Å². The fraction of sp³-hybridized carbons (Fsp3) is 0.429. The zero-order chi connectivity index (χ0) is 19.1. The minimum atomic E-state index is -4.42. The van der Waals surface area contributed by atoms with E-state index in [9.17, 15) is 13.2 Å². The van der Waals surface area contributed by atoms with Gasteiger partial charge in [-0.05, 0) is 36.5 Å². The highest BCUT2D eigenvalue weighted by Crippen LogP contribution is 2.44. The van der Waals surface area contributed by atoms with Crippen molar-refractivity contribution in [2.75, 3.05) is 0 Å². The first kappa shape index (κ1) is 18.2. The van der Waals surface area contributed by atoms with E-state index < -0.39 is 11.7 Å². The Hall–Kier alpha value is -2.21. The molecule has 3 aliphatic rings. The normalized spacial score (nSPS) is 30.4. The molecule has 1 atom stereocenters. The second kappa shape index (κ2) is 6.75. The molecule has 2 aliphatic heterocycles. The standard InChI is InChI=1S/C21H23F3N3/c1-2-19-25-26-20-18(21(22,23)24)9-6-14-27(19,20)17-12-10-16(11-13-17)15-7-4-3-5-8-15/h3-9,14,16-17H,2,10-13H2,1H3/q+1.